The Morgan fingerprint density at radius 1 is 0.895 bits per heavy atom. The Hall–Kier alpha value is -2.66. The molecule has 5 nitrogen and oxygen atoms in total. The minimum Gasteiger partial charge on any atom is -0.342 e. The van der Waals surface area contributed by atoms with Crippen LogP contribution in [0.4, 0.5) is 0 Å². The van der Waals surface area contributed by atoms with E-state index < -0.39 is 0 Å². The van der Waals surface area contributed by atoms with E-state index >= 15 is 0 Å². The van der Waals surface area contributed by atoms with E-state index in [9.17, 15) is 4.79 Å². The number of hydrogen-bond acceptors (Lipinski definition) is 3. The predicted molar refractivity (Wildman–Crippen MR) is 152 cm³/mol. The number of fused-ring (bicyclic) bond motifs is 3. The lowest BCUT2D eigenvalue weighted by Crippen LogP contribution is -2.50. The van der Waals surface area contributed by atoms with Crippen molar-refractivity contribution in [3.05, 3.63) is 66.0 Å². The smallest absolute Gasteiger partial charge is 0.228 e. The third-order valence-corrected chi connectivity index (χ3v) is 10.8. The van der Waals surface area contributed by atoms with Crippen molar-refractivity contribution in [1.29, 1.82) is 0 Å². The quantitative estimate of drug-likeness (QED) is 0.393. The van der Waals surface area contributed by atoms with Crippen molar-refractivity contribution in [3.8, 4) is 0 Å². The molecule has 1 saturated carbocycles. The molecule has 1 aromatic heterocycles. The molecule has 3 saturated heterocycles. The van der Waals surface area contributed by atoms with Crippen LogP contribution in [0.15, 0.2) is 54.6 Å². The van der Waals surface area contributed by atoms with Gasteiger partial charge in [-0.25, -0.2) is 4.98 Å². The van der Waals surface area contributed by atoms with Gasteiger partial charge in [0.1, 0.15) is 5.82 Å². The first kappa shape index (κ1) is 24.4. The molecule has 3 atom stereocenters. The molecule has 4 aliphatic rings. The number of rotatable bonds is 6. The molecule has 4 fully saturated rings. The van der Waals surface area contributed by atoms with Gasteiger partial charge >= 0.3 is 0 Å². The normalized spacial score (nSPS) is 28.1. The molecule has 0 N–H and O–H groups in total. The van der Waals surface area contributed by atoms with Gasteiger partial charge in [-0.05, 0) is 94.4 Å². The Kier molecular flexibility index (Phi) is 5.92. The van der Waals surface area contributed by atoms with Gasteiger partial charge in [0.25, 0.3) is 0 Å². The van der Waals surface area contributed by atoms with Crippen LogP contribution in [-0.4, -0.2) is 57.0 Å². The van der Waals surface area contributed by atoms with Gasteiger partial charge in [0.05, 0.1) is 11.0 Å². The Morgan fingerprint density at radius 3 is 2.24 bits per heavy atom. The van der Waals surface area contributed by atoms with Gasteiger partial charge in [-0.1, -0.05) is 49.4 Å². The SMILES string of the molecule is Cc1nc2ccccc2n1C1C[C@H]2CC[C@@H](C1)N2CCC1(c2ccccc2)CCN(C(=O)C2(C)CC2)CC1. The zero-order chi connectivity index (χ0) is 25.9. The lowest BCUT2D eigenvalue weighted by atomic mass is 9.70. The van der Waals surface area contributed by atoms with Crippen LogP contribution in [0.25, 0.3) is 11.0 Å². The average molecular weight is 511 g/mol. The number of imidazole rings is 1. The Bertz CT molecular complexity index is 1300. The van der Waals surface area contributed by atoms with Crippen molar-refractivity contribution in [2.45, 2.75) is 95.2 Å². The average Bonchev–Trinajstić information content (AvgIpc) is 3.54. The molecule has 3 aromatic rings. The van der Waals surface area contributed by atoms with Gasteiger partial charge in [-0.2, -0.15) is 0 Å². The molecular formula is C33H42N4O. The summed E-state index contributed by atoms with van der Waals surface area (Å²) >= 11 is 0. The fourth-order valence-electron chi connectivity index (χ4n) is 8.19. The fourth-order valence-corrected chi connectivity index (χ4v) is 8.19. The van der Waals surface area contributed by atoms with E-state index in [2.05, 4.69) is 82.8 Å². The Labute approximate surface area is 227 Å². The molecule has 2 aromatic carbocycles. The standard InChI is InChI=1S/C33H42N4O/c1-24-34-29-10-6-7-11-30(29)37(24)28-22-26-12-13-27(23-28)36(26)21-18-33(25-8-4-3-5-9-25)16-19-35(20-17-33)31(38)32(2)14-15-32/h3-11,26-28H,12-23H2,1-2H3/t26-,27+,28?. The number of aromatic nitrogens is 2. The second kappa shape index (κ2) is 9.22. The van der Waals surface area contributed by atoms with Crippen molar-refractivity contribution < 1.29 is 4.79 Å². The van der Waals surface area contributed by atoms with Crippen LogP contribution >= 0.6 is 0 Å². The number of hydrogen-bond donors (Lipinski definition) is 0. The number of likely N-dealkylation sites (tertiary alicyclic amines) is 1. The number of carbonyl (C=O) groups is 1. The molecular weight excluding hydrogens is 468 g/mol. The maximum atomic E-state index is 13.1. The highest BCUT2D eigenvalue weighted by molar-refractivity contribution is 5.85. The third kappa shape index (κ3) is 4.09. The van der Waals surface area contributed by atoms with Crippen LogP contribution in [0.2, 0.25) is 0 Å². The molecule has 5 heteroatoms. The number of amides is 1. The van der Waals surface area contributed by atoms with Crippen molar-refractivity contribution in [2.75, 3.05) is 19.6 Å². The molecule has 1 amide bonds. The summed E-state index contributed by atoms with van der Waals surface area (Å²) in [5.41, 5.74) is 4.02. The van der Waals surface area contributed by atoms with Crippen molar-refractivity contribution in [3.63, 3.8) is 0 Å². The summed E-state index contributed by atoms with van der Waals surface area (Å²) < 4.78 is 2.54. The van der Waals surface area contributed by atoms with Crippen LogP contribution in [0.1, 0.15) is 82.1 Å². The van der Waals surface area contributed by atoms with Crippen LogP contribution < -0.4 is 0 Å². The third-order valence-electron chi connectivity index (χ3n) is 10.8. The molecule has 7 rings (SSSR count). The highest BCUT2D eigenvalue weighted by Crippen LogP contribution is 2.49. The molecule has 4 heterocycles. The molecule has 0 radical (unpaired) electrons. The van der Waals surface area contributed by atoms with E-state index in [-0.39, 0.29) is 10.8 Å². The predicted octanol–water partition coefficient (Wildman–Crippen LogP) is 6.26. The summed E-state index contributed by atoms with van der Waals surface area (Å²) in [7, 11) is 0. The Balaban J connectivity index is 1.07. The fraction of sp³-hybridized carbons (Fsp3) is 0.576. The minimum absolute atomic E-state index is 0.0603. The van der Waals surface area contributed by atoms with E-state index in [0.717, 1.165) is 50.1 Å². The number of carbonyl (C=O) groups excluding carboxylic acids is 1. The van der Waals surface area contributed by atoms with Crippen molar-refractivity contribution in [1.82, 2.24) is 19.4 Å². The monoisotopic (exact) mass is 510 g/mol. The van der Waals surface area contributed by atoms with Gasteiger partial charge in [0.15, 0.2) is 0 Å². The molecule has 3 aliphatic heterocycles. The second-order valence-corrected chi connectivity index (χ2v) is 13.0. The lowest BCUT2D eigenvalue weighted by molar-refractivity contribution is -0.138. The first-order chi connectivity index (χ1) is 18.5. The zero-order valence-corrected chi connectivity index (χ0v) is 23.1. The van der Waals surface area contributed by atoms with Gasteiger partial charge in [0.2, 0.25) is 5.91 Å². The van der Waals surface area contributed by atoms with E-state index in [1.54, 1.807) is 0 Å². The number of piperidine rings is 2. The van der Waals surface area contributed by atoms with Gasteiger partial charge in [-0.3, -0.25) is 9.69 Å². The highest BCUT2D eigenvalue weighted by Gasteiger charge is 2.49. The number of aryl methyl sites for hydroxylation is 1. The van der Waals surface area contributed by atoms with Crippen LogP contribution in [0.3, 0.4) is 0 Å². The maximum absolute atomic E-state index is 13.1. The Morgan fingerprint density at radius 2 is 1.55 bits per heavy atom. The second-order valence-electron chi connectivity index (χ2n) is 13.0. The minimum atomic E-state index is -0.0603. The van der Waals surface area contributed by atoms with Gasteiger partial charge in [-0.15, -0.1) is 0 Å². The summed E-state index contributed by atoms with van der Waals surface area (Å²) in [5.74, 6) is 1.56. The first-order valence-electron chi connectivity index (χ1n) is 15.0. The topological polar surface area (TPSA) is 41.4 Å². The molecule has 1 aliphatic carbocycles. The lowest BCUT2D eigenvalue weighted by Gasteiger charge is -2.46. The van der Waals surface area contributed by atoms with Gasteiger partial charge < -0.3 is 9.47 Å². The number of para-hydroxylation sites is 2. The number of nitrogens with zero attached hydrogens (tertiary/aromatic N) is 4. The maximum Gasteiger partial charge on any atom is 0.228 e. The molecule has 0 spiro atoms. The zero-order valence-electron chi connectivity index (χ0n) is 23.1. The van der Waals surface area contributed by atoms with Crippen LogP contribution in [0, 0.1) is 12.3 Å². The van der Waals surface area contributed by atoms with Gasteiger partial charge in [0, 0.05) is 36.6 Å². The van der Waals surface area contributed by atoms with Crippen molar-refractivity contribution in [2.24, 2.45) is 5.41 Å². The molecule has 1 unspecified atom stereocenters. The highest BCUT2D eigenvalue weighted by atomic mass is 16.2. The molecule has 200 valence electrons. The largest absolute Gasteiger partial charge is 0.342 e. The van der Waals surface area contributed by atoms with E-state index in [1.165, 1.54) is 49.7 Å². The van der Waals surface area contributed by atoms with Crippen molar-refractivity contribution >= 4 is 16.9 Å². The van der Waals surface area contributed by atoms with Crippen LogP contribution in [-0.2, 0) is 10.2 Å². The summed E-state index contributed by atoms with van der Waals surface area (Å²) in [6.07, 6.45) is 10.6. The summed E-state index contributed by atoms with van der Waals surface area (Å²) in [6, 6.07) is 21.8. The van der Waals surface area contributed by atoms with E-state index in [0.29, 0.717) is 24.0 Å². The summed E-state index contributed by atoms with van der Waals surface area (Å²) in [5, 5.41) is 0. The first-order valence-corrected chi connectivity index (χ1v) is 15.0. The van der Waals surface area contributed by atoms with E-state index in [4.69, 9.17) is 4.98 Å². The summed E-state index contributed by atoms with van der Waals surface area (Å²) in [4.78, 5) is 23.0. The van der Waals surface area contributed by atoms with Crippen LogP contribution in [0.5, 0.6) is 0 Å². The summed E-state index contributed by atoms with van der Waals surface area (Å²) in [6.45, 7) is 7.32. The number of benzene rings is 2. The molecule has 2 bridgehead atoms. The van der Waals surface area contributed by atoms with E-state index in [1.807, 2.05) is 0 Å². The molecule has 38 heavy (non-hydrogen) atoms.